The number of rotatable bonds is 7. The van der Waals surface area contributed by atoms with Gasteiger partial charge in [-0.3, -0.25) is 0 Å². The summed E-state index contributed by atoms with van der Waals surface area (Å²) in [5.74, 6) is 1.25. The Morgan fingerprint density at radius 3 is 2.74 bits per heavy atom. The molecule has 1 aliphatic rings. The maximum absolute atomic E-state index is 11.5. The summed E-state index contributed by atoms with van der Waals surface area (Å²) in [6.07, 6.45) is 3.07. The Morgan fingerprint density at radius 1 is 1.15 bits per heavy atom. The summed E-state index contributed by atoms with van der Waals surface area (Å²) in [7, 11) is -3.06. The van der Waals surface area contributed by atoms with Gasteiger partial charge in [0.2, 0.25) is 0 Å². The maximum Gasteiger partial charge on any atom is 0.254 e. The van der Waals surface area contributed by atoms with E-state index in [1.165, 1.54) is 17.6 Å². The molecule has 34 heavy (non-hydrogen) atoms. The molecular weight excluding hydrogens is 474 g/mol. The minimum atomic E-state index is -3.06. The number of aromatic nitrogens is 5. The monoisotopic (exact) mass is 499 g/mol. The van der Waals surface area contributed by atoms with Gasteiger partial charge in [0.05, 0.1) is 24.7 Å². The molecule has 0 aliphatic carbocycles. The molecule has 4 heterocycles. The fourth-order valence-corrected chi connectivity index (χ4v) is 5.12. The molecule has 0 amide bonds. The van der Waals surface area contributed by atoms with E-state index in [1.807, 2.05) is 24.4 Å². The molecule has 1 fully saturated rings. The van der Waals surface area contributed by atoms with E-state index in [1.54, 1.807) is 4.68 Å². The minimum Gasteiger partial charge on any atom is -0.378 e. The average molecular weight is 500 g/mol. The van der Waals surface area contributed by atoms with E-state index in [2.05, 4.69) is 39.2 Å². The summed E-state index contributed by atoms with van der Waals surface area (Å²) in [5, 5.41) is 8.43. The maximum atomic E-state index is 11.5. The first-order valence-corrected chi connectivity index (χ1v) is 13.8. The zero-order chi connectivity index (χ0) is 23.7. The quantitative estimate of drug-likeness (QED) is 0.409. The summed E-state index contributed by atoms with van der Waals surface area (Å²) >= 11 is 1.42. The van der Waals surface area contributed by atoms with Crippen LogP contribution in [-0.2, 0) is 14.6 Å². The first-order chi connectivity index (χ1) is 16.4. The lowest BCUT2D eigenvalue weighted by Gasteiger charge is -2.28. The zero-order valence-electron chi connectivity index (χ0n) is 18.9. The molecule has 0 radical (unpaired) electrons. The molecular formula is C22H25N7O3S2. The summed E-state index contributed by atoms with van der Waals surface area (Å²) in [4.78, 5) is 16.3. The van der Waals surface area contributed by atoms with Gasteiger partial charge in [-0.05, 0) is 19.1 Å². The van der Waals surface area contributed by atoms with Gasteiger partial charge in [-0.2, -0.15) is 20.1 Å². The highest BCUT2D eigenvalue weighted by Gasteiger charge is 2.21. The molecule has 4 aromatic rings. The van der Waals surface area contributed by atoms with E-state index >= 15 is 0 Å². The molecule has 0 atom stereocenters. The molecule has 3 aromatic heterocycles. The first kappa shape index (κ1) is 22.7. The van der Waals surface area contributed by atoms with Crippen LogP contribution >= 0.6 is 11.3 Å². The summed E-state index contributed by atoms with van der Waals surface area (Å²) in [6, 6.07) is 10.1. The van der Waals surface area contributed by atoms with Gasteiger partial charge in [0, 0.05) is 37.7 Å². The number of hydrogen-bond acceptors (Lipinski definition) is 10. The van der Waals surface area contributed by atoms with Crippen molar-refractivity contribution in [2.45, 2.75) is 6.92 Å². The van der Waals surface area contributed by atoms with Crippen LogP contribution in [0.2, 0.25) is 0 Å². The molecule has 0 spiro atoms. The molecule has 178 valence electrons. The van der Waals surface area contributed by atoms with E-state index in [0.717, 1.165) is 27.3 Å². The number of sulfone groups is 1. The highest BCUT2D eigenvalue weighted by atomic mass is 32.2. The van der Waals surface area contributed by atoms with E-state index in [4.69, 9.17) is 14.8 Å². The molecule has 0 unspecified atom stereocenters. The van der Waals surface area contributed by atoms with Crippen molar-refractivity contribution in [3.05, 3.63) is 42.1 Å². The molecule has 5 rings (SSSR count). The number of ether oxygens (including phenoxy) is 1. The van der Waals surface area contributed by atoms with Crippen molar-refractivity contribution in [1.82, 2.24) is 24.7 Å². The predicted octanol–water partition coefficient (Wildman–Crippen LogP) is 2.54. The fraction of sp³-hybridized carbons (Fsp3) is 0.364. The SMILES string of the molecule is Cc1cccc(-c2ccn(-c3nc(N4CCOCC4)c4sc(NCCS(C)(=O)=O)nc4n3)n2)c1. The molecule has 10 nitrogen and oxygen atoms in total. The van der Waals surface area contributed by atoms with Crippen molar-refractivity contribution in [1.29, 1.82) is 0 Å². The lowest BCUT2D eigenvalue weighted by Crippen LogP contribution is -2.37. The number of benzene rings is 1. The molecule has 0 bridgehead atoms. The third-order valence-electron chi connectivity index (χ3n) is 5.39. The van der Waals surface area contributed by atoms with Crippen molar-refractivity contribution in [3.63, 3.8) is 0 Å². The Bertz CT molecular complexity index is 1430. The topological polar surface area (TPSA) is 115 Å². The second-order valence-electron chi connectivity index (χ2n) is 8.19. The van der Waals surface area contributed by atoms with Crippen LogP contribution in [0.3, 0.4) is 0 Å². The third kappa shape index (κ3) is 5.03. The number of aryl methyl sites for hydroxylation is 1. The second kappa shape index (κ2) is 9.28. The lowest BCUT2D eigenvalue weighted by atomic mass is 10.1. The molecule has 1 aromatic carbocycles. The number of anilines is 2. The van der Waals surface area contributed by atoms with Gasteiger partial charge in [0.25, 0.3) is 5.95 Å². The van der Waals surface area contributed by atoms with E-state index < -0.39 is 9.84 Å². The molecule has 1 N–H and O–H groups in total. The Morgan fingerprint density at radius 2 is 1.97 bits per heavy atom. The molecule has 0 saturated carbocycles. The van der Waals surface area contributed by atoms with Crippen LogP contribution in [0.15, 0.2) is 36.5 Å². The van der Waals surface area contributed by atoms with Crippen LogP contribution in [0.25, 0.3) is 27.6 Å². The van der Waals surface area contributed by atoms with Crippen molar-refractivity contribution >= 4 is 42.5 Å². The highest BCUT2D eigenvalue weighted by molar-refractivity contribution is 7.90. The number of fused-ring (bicyclic) bond motifs is 1. The van der Waals surface area contributed by atoms with Crippen LogP contribution in [0.5, 0.6) is 0 Å². The van der Waals surface area contributed by atoms with Gasteiger partial charge in [0.1, 0.15) is 14.5 Å². The Hall–Kier alpha value is -3.09. The van der Waals surface area contributed by atoms with Crippen LogP contribution in [0, 0.1) is 6.92 Å². The second-order valence-corrected chi connectivity index (χ2v) is 11.4. The smallest absolute Gasteiger partial charge is 0.254 e. The van der Waals surface area contributed by atoms with Gasteiger partial charge >= 0.3 is 0 Å². The Balaban J connectivity index is 1.52. The summed E-state index contributed by atoms with van der Waals surface area (Å²) in [6.45, 7) is 5.01. The standard InChI is InChI=1S/C22H25N7O3S2/c1-15-4-3-5-16(14-15)17-6-8-29(27-17)21-24-19-18(20(26-21)28-9-11-32-12-10-28)33-22(25-19)23-7-13-34(2,30)31/h3-6,8,14H,7,9-13H2,1-2H3,(H,23,24,25,26). The van der Waals surface area contributed by atoms with Crippen LogP contribution < -0.4 is 10.2 Å². The number of nitrogens with zero attached hydrogens (tertiary/aromatic N) is 6. The van der Waals surface area contributed by atoms with Crippen LogP contribution in [-0.4, -0.2) is 78.0 Å². The highest BCUT2D eigenvalue weighted by Crippen LogP contribution is 2.33. The zero-order valence-corrected chi connectivity index (χ0v) is 20.6. The van der Waals surface area contributed by atoms with Crippen molar-refractivity contribution in [2.24, 2.45) is 0 Å². The average Bonchev–Trinajstić information content (AvgIpc) is 3.45. The lowest BCUT2D eigenvalue weighted by molar-refractivity contribution is 0.122. The minimum absolute atomic E-state index is 0.0329. The van der Waals surface area contributed by atoms with E-state index in [0.29, 0.717) is 43.0 Å². The number of thiazole rings is 1. The van der Waals surface area contributed by atoms with Crippen LogP contribution in [0.1, 0.15) is 5.56 Å². The Kier molecular flexibility index (Phi) is 6.19. The van der Waals surface area contributed by atoms with E-state index in [-0.39, 0.29) is 12.3 Å². The molecule has 12 heteroatoms. The molecule has 1 aliphatic heterocycles. The fourth-order valence-electron chi connectivity index (χ4n) is 3.70. The van der Waals surface area contributed by atoms with Gasteiger partial charge in [0.15, 0.2) is 16.6 Å². The van der Waals surface area contributed by atoms with Gasteiger partial charge in [-0.25, -0.2) is 13.1 Å². The number of nitrogens with one attached hydrogen (secondary N) is 1. The van der Waals surface area contributed by atoms with Crippen molar-refractivity contribution in [3.8, 4) is 17.2 Å². The summed E-state index contributed by atoms with van der Waals surface area (Å²) in [5.41, 5.74) is 3.57. The first-order valence-electron chi connectivity index (χ1n) is 10.9. The predicted molar refractivity (Wildman–Crippen MR) is 134 cm³/mol. The van der Waals surface area contributed by atoms with Crippen molar-refractivity contribution < 1.29 is 13.2 Å². The number of hydrogen-bond donors (Lipinski definition) is 1. The third-order valence-corrected chi connectivity index (χ3v) is 7.34. The molecule has 1 saturated heterocycles. The van der Waals surface area contributed by atoms with Crippen LogP contribution in [0.4, 0.5) is 10.9 Å². The summed E-state index contributed by atoms with van der Waals surface area (Å²) < 4.78 is 31.0. The van der Waals surface area contributed by atoms with Gasteiger partial charge < -0.3 is 15.0 Å². The normalized spacial score (nSPS) is 14.6. The van der Waals surface area contributed by atoms with Crippen molar-refractivity contribution in [2.75, 3.05) is 55.1 Å². The Labute approximate surface area is 201 Å². The number of morpholine rings is 1. The van der Waals surface area contributed by atoms with E-state index in [9.17, 15) is 8.42 Å². The van der Waals surface area contributed by atoms with Gasteiger partial charge in [-0.1, -0.05) is 35.1 Å². The van der Waals surface area contributed by atoms with Gasteiger partial charge in [-0.15, -0.1) is 0 Å². The largest absolute Gasteiger partial charge is 0.378 e.